The summed E-state index contributed by atoms with van der Waals surface area (Å²) in [6.45, 7) is 0. The molecule has 7 aromatic carbocycles. The molecule has 4 nitrogen and oxygen atoms in total. The fraction of sp³-hybridized carbons (Fsp3) is 0.0217. The SMILES string of the molecule is c1ccc(-c2nc(-c3ccccc3)nc(-c3cccc4oc5cc6c(cc5c34)-c3ccccc3C63c4ccccc4Sc4ccccc43)n2)cc1. The van der Waals surface area contributed by atoms with E-state index in [0.29, 0.717) is 17.5 Å². The van der Waals surface area contributed by atoms with Crippen LogP contribution in [0.1, 0.15) is 22.3 Å². The summed E-state index contributed by atoms with van der Waals surface area (Å²) in [4.78, 5) is 17.7. The van der Waals surface area contributed by atoms with Crippen molar-refractivity contribution in [2.75, 3.05) is 0 Å². The number of hydrogen-bond acceptors (Lipinski definition) is 5. The first-order chi connectivity index (χ1) is 25.3. The highest BCUT2D eigenvalue weighted by Gasteiger charge is 2.50. The molecule has 5 heteroatoms. The second-order valence-corrected chi connectivity index (χ2v) is 14.2. The molecule has 3 heterocycles. The molecule has 238 valence electrons. The molecular weight excluding hydrogens is 643 g/mol. The maximum atomic E-state index is 6.80. The van der Waals surface area contributed by atoms with Gasteiger partial charge in [-0.25, -0.2) is 15.0 Å². The van der Waals surface area contributed by atoms with Crippen LogP contribution in [0, 0.1) is 0 Å². The van der Waals surface area contributed by atoms with Crippen LogP contribution in [-0.2, 0) is 5.41 Å². The van der Waals surface area contributed by atoms with Crippen molar-refractivity contribution in [1.29, 1.82) is 0 Å². The lowest BCUT2D eigenvalue weighted by atomic mass is 9.67. The van der Waals surface area contributed by atoms with E-state index in [4.69, 9.17) is 19.4 Å². The third-order valence-electron chi connectivity index (χ3n) is 10.4. The Hall–Kier alpha value is -6.30. The van der Waals surface area contributed by atoms with Gasteiger partial charge in [-0.1, -0.05) is 145 Å². The standard InChI is InChI=1S/C46H27N3OS/c1-3-14-28(15-4-1)43-47-44(29-16-5-2-6-17-29)49-45(48-43)31-19-13-23-38-42(31)33-26-32-30-18-7-8-20-34(30)46(37(32)27-39(33)50-38)35-21-9-11-24-40(35)51-41-25-12-10-22-36(41)46/h1-27H. The molecule has 11 rings (SSSR count). The van der Waals surface area contributed by atoms with Gasteiger partial charge in [-0.05, 0) is 63.7 Å². The zero-order valence-corrected chi connectivity index (χ0v) is 28.1. The van der Waals surface area contributed by atoms with Gasteiger partial charge in [0.05, 0.1) is 5.41 Å². The second kappa shape index (κ2) is 10.8. The fourth-order valence-corrected chi connectivity index (χ4v) is 9.48. The molecule has 0 unspecified atom stereocenters. The first-order valence-corrected chi connectivity index (χ1v) is 17.9. The van der Waals surface area contributed by atoms with Crippen molar-refractivity contribution in [3.8, 4) is 45.3 Å². The van der Waals surface area contributed by atoms with Crippen LogP contribution in [0.15, 0.2) is 178 Å². The molecule has 2 aliphatic rings. The van der Waals surface area contributed by atoms with Crippen molar-refractivity contribution in [2.24, 2.45) is 0 Å². The van der Waals surface area contributed by atoms with E-state index in [2.05, 4.69) is 91.0 Å². The van der Waals surface area contributed by atoms with E-state index < -0.39 is 5.41 Å². The van der Waals surface area contributed by atoms with Crippen molar-refractivity contribution < 1.29 is 4.42 Å². The third kappa shape index (κ3) is 4.07. The maximum absolute atomic E-state index is 6.80. The molecule has 0 saturated heterocycles. The molecule has 1 spiro atoms. The lowest BCUT2D eigenvalue weighted by Crippen LogP contribution is -2.31. The van der Waals surface area contributed by atoms with Crippen LogP contribution < -0.4 is 0 Å². The van der Waals surface area contributed by atoms with E-state index in [9.17, 15) is 0 Å². The molecule has 0 fully saturated rings. The first kappa shape index (κ1) is 28.5. The second-order valence-electron chi connectivity index (χ2n) is 13.1. The molecule has 0 amide bonds. The van der Waals surface area contributed by atoms with E-state index >= 15 is 0 Å². The molecule has 9 aromatic rings. The molecule has 0 N–H and O–H groups in total. The van der Waals surface area contributed by atoms with E-state index in [-0.39, 0.29) is 0 Å². The van der Waals surface area contributed by atoms with Gasteiger partial charge in [-0.15, -0.1) is 0 Å². The number of rotatable bonds is 3. The van der Waals surface area contributed by atoms with Crippen LogP contribution in [0.2, 0.25) is 0 Å². The predicted octanol–water partition coefficient (Wildman–Crippen LogP) is 11.6. The van der Waals surface area contributed by atoms with Crippen molar-refractivity contribution in [1.82, 2.24) is 15.0 Å². The number of nitrogens with zero attached hydrogens (tertiary/aromatic N) is 3. The highest BCUT2D eigenvalue weighted by Crippen LogP contribution is 2.62. The van der Waals surface area contributed by atoms with Crippen LogP contribution in [0.3, 0.4) is 0 Å². The Morgan fingerprint density at radius 2 is 0.961 bits per heavy atom. The fourth-order valence-electron chi connectivity index (χ4n) is 8.29. The van der Waals surface area contributed by atoms with E-state index in [1.807, 2.05) is 84.6 Å². The maximum Gasteiger partial charge on any atom is 0.164 e. The molecular formula is C46H27N3OS. The summed E-state index contributed by atoms with van der Waals surface area (Å²) in [6.07, 6.45) is 0. The van der Waals surface area contributed by atoms with Crippen molar-refractivity contribution in [3.63, 3.8) is 0 Å². The van der Waals surface area contributed by atoms with Gasteiger partial charge in [-0.3, -0.25) is 0 Å². The van der Waals surface area contributed by atoms with Crippen LogP contribution in [-0.4, -0.2) is 15.0 Å². The number of aromatic nitrogens is 3. The minimum Gasteiger partial charge on any atom is -0.456 e. The van der Waals surface area contributed by atoms with E-state index in [1.165, 1.54) is 43.2 Å². The largest absolute Gasteiger partial charge is 0.456 e. The van der Waals surface area contributed by atoms with Crippen molar-refractivity contribution >= 4 is 33.7 Å². The summed E-state index contributed by atoms with van der Waals surface area (Å²) in [5.74, 6) is 1.88. The lowest BCUT2D eigenvalue weighted by molar-refractivity contribution is 0.664. The zero-order valence-electron chi connectivity index (χ0n) is 27.2. The first-order valence-electron chi connectivity index (χ1n) is 17.1. The number of hydrogen-bond donors (Lipinski definition) is 0. The molecule has 1 aliphatic carbocycles. The zero-order chi connectivity index (χ0) is 33.5. The number of furan rings is 1. The average molecular weight is 670 g/mol. The molecule has 0 radical (unpaired) electrons. The Morgan fingerprint density at radius 1 is 0.412 bits per heavy atom. The van der Waals surface area contributed by atoms with Gasteiger partial charge in [0, 0.05) is 37.3 Å². The Morgan fingerprint density at radius 3 is 1.63 bits per heavy atom. The molecule has 51 heavy (non-hydrogen) atoms. The van der Waals surface area contributed by atoms with Crippen molar-refractivity contribution in [2.45, 2.75) is 15.2 Å². The summed E-state index contributed by atoms with van der Waals surface area (Å²) < 4.78 is 6.80. The summed E-state index contributed by atoms with van der Waals surface area (Å²) in [5.41, 5.74) is 11.6. The number of benzene rings is 7. The molecule has 0 bridgehead atoms. The number of fused-ring (bicyclic) bond motifs is 12. The highest BCUT2D eigenvalue weighted by molar-refractivity contribution is 7.99. The third-order valence-corrected chi connectivity index (χ3v) is 11.6. The van der Waals surface area contributed by atoms with Crippen LogP contribution >= 0.6 is 11.8 Å². The average Bonchev–Trinajstić information content (AvgIpc) is 3.71. The van der Waals surface area contributed by atoms with Crippen LogP contribution in [0.5, 0.6) is 0 Å². The van der Waals surface area contributed by atoms with Gasteiger partial charge >= 0.3 is 0 Å². The summed E-state index contributed by atoms with van der Waals surface area (Å²) in [7, 11) is 0. The highest BCUT2D eigenvalue weighted by atomic mass is 32.2. The van der Waals surface area contributed by atoms with E-state index in [1.54, 1.807) is 0 Å². The minimum absolute atomic E-state index is 0.469. The van der Waals surface area contributed by atoms with Crippen molar-refractivity contribution in [3.05, 3.63) is 186 Å². The normalized spacial score (nSPS) is 13.6. The molecule has 0 atom stereocenters. The molecule has 2 aromatic heterocycles. The van der Waals surface area contributed by atoms with E-state index in [0.717, 1.165) is 38.6 Å². The minimum atomic E-state index is -0.469. The van der Waals surface area contributed by atoms with Gasteiger partial charge in [0.25, 0.3) is 0 Å². The Bertz CT molecular complexity index is 2740. The summed E-state index contributed by atoms with van der Waals surface area (Å²) in [6, 6.07) is 57.7. The predicted molar refractivity (Wildman–Crippen MR) is 205 cm³/mol. The van der Waals surface area contributed by atoms with Gasteiger partial charge in [0.1, 0.15) is 11.2 Å². The Labute approximate surface area is 298 Å². The quantitative estimate of drug-likeness (QED) is 0.187. The van der Waals surface area contributed by atoms with Gasteiger partial charge < -0.3 is 4.42 Å². The van der Waals surface area contributed by atoms with Gasteiger partial charge in [-0.2, -0.15) is 0 Å². The Balaban J connectivity index is 1.20. The van der Waals surface area contributed by atoms with Crippen LogP contribution in [0.25, 0.3) is 67.2 Å². The smallest absolute Gasteiger partial charge is 0.164 e. The molecule has 0 saturated carbocycles. The molecule has 1 aliphatic heterocycles. The summed E-state index contributed by atoms with van der Waals surface area (Å²) >= 11 is 1.86. The monoisotopic (exact) mass is 669 g/mol. The Kier molecular flexibility index (Phi) is 6.07. The topological polar surface area (TPSA) is 51.8 Å². The lowest BCUT2D eigenvalue weighted by Gasteiger charge is -2.39. The summed E-state index contributed by atoms with van der Waals surface area (Å²) in [5, 5.41) is 2.04. The van der Waals surface area contributed by atoms with Gasteiger partial charge in [0.2, 0.25) is 0 Å². The van der Waals surface area contributed by atoms with Crippen LogP contribution in [0.4, 0.5) is 0 Å². The van der Waals surface area contributed by atoms with Gasteiger partial charge in [0.15, 0.2) is 17.5 Å².